The van der Waals surface area contributed by atoms with Gasteiger partial charge in [0.25, 0.3) is 5.91 Å². The third-order valence-electron chi connectivity index (χ3n) is 5.32. The molecule has 3 rings (SSSR count). The van der Waals surface area contributed by atoms with Gasteiger partial charge in [0.2, 0.25) is 10.0 Å². The third-order valence-corrected chi connectivity index (χ3v) is 7.17. The van der Waals surface area contributed by atoms with E-state index in [-0.39, 0.29) is 12.5 Å². The summed E-state index contributed by atoms with van der Waals surface area (Å²) in [6, 6.07) is 11.5. The average Bonchev–Trinajstić information content (AvgIpc) is 3.24. The van der Waals surface area contributed by atoms with E-state index < -0.39 is 10.0 Å². The number of nitrogens with one attached hydrogen (secondary N) is 1. The van der Waals surface area contributed by atoms with Gasteiger partial charge >= 0.3 is 0 Å². The number of hydrogen-bond acceptors (Lipinski definition) is 4. The number of carbonyl (C=O) groups excluding carboxylic acids is 1. The van der Waals surface area contributed by atoms with E-state index in [0.29, 0.717) is 33.4 Å². The Hall–Kier alpha value is -1.80. The van der Waals surface area contributed by atoms with Crippen molar-refractivity contribution in [1.82, 2.24) is 10.2 Å². The monoisotopic (exact) mass is 483 g/mol. The van der Waals surface area contributed by atoms with Crippen LogP contribution in [-0.4, -0.2) is 51.7 Å². The molecule has 2 aromatic rings. The van der Waals surface area contributed by atoms with Gasteiger partial charge in [-0.15, -0.1) is 0 Å². The highest BCUT2D eigenvalue weighted by atomic mass is 35.5. The normalized spacial score (nSPS) is 14.5. The van der Waals surface area contributed by atoms with E-state index in [1.807, 2.05) is 0 Å². The maximum atomic E-state index is 12.4. The zero-order chi connectivity index (χ0) is 22.4. The predicted molar refractivity (Wildman–Crippen MR) is 127 cm³/mol. The second-order valence-corrected chi connectivity index (χ2v) is 10.4. The molecular weight excluding hydrogens is 457 g/mol. The van der Waals surface area contributed by atoms with Crippen LogP contribution in [0.1, 0.15) is 35.2 Å². The van der Waals surface area contributed by atoms with E-state index in [1.165, 1.54) is 17.1 Å². The van der Waals surface area contributed by atoms with Gasteiger partial charge in [0.05, 0.1) is 18.5 Å². The first-order valence-corrected chi connectivity index (χ1v) is 12.9. The van der Waals surface area contributed by atoms with Crippen molar-refractivity contribution in [3.63, 3.8) is 0 Å². The first-order chi connectivity index (χ1) is 14.8. The number of benzene rings is 2. The van der Waals surface area contributed by atoms with E-state index in [1.54, 1.807) is 42.5 Å². The van der Waals surface area contributed by atoms with Crippen molar-refractivity contribution in [1.29, 1.82) is 0 Å². The molecule has 1 amide bonds. The summed E-state index contributed by atoms with van der Waals surface area (Å²) in [6.45, 7) is 3.89. The lowest BCUT2D eigenvalue weighted by Gasteiger charge is -2.23. The van der Waals surface area contributed by atoms with Gasteiger partial charge in [-0.25, -0.2) is 8.42 Å². The number of carbonyl (C=O) groups is 1. The first-order valence-electron chi connectivity index (χ1n) is 10.3. The molecule has 0 aromatic heterocycles. The molecule has 6 nitrogen and oxygen atoms in total. The molecule has 1 N–H and O–H groups in total. The van der Waals surface area contributed by atoms with E-state index >= 15 is 0 Å². The van der Waals surface area contributed by atoms with Crippen molar-refractivity contribution in [3.8, 4) is 0 Å². The fourth-order valence-electron chi connectivity index (χ4n) is 3.62. The van der Waals surface area contributed by atoms with Crippen LogP contribution in [0.15, 0.2) is 42.5 Å². The van der Waals surface area contributed by atoms with Gasteiger partial charge < -0.3 is 10.2 Å². The molecule has 1 aliphatic rings. The van der Waals surface area contributed by atoms with Gasteiger partial charge in [0.15, 0.2) is 0 Å². The highest BCUT2D eigenvalue weighted by Crippen LogP contribution is 2.29. The maximum Gasteiger partial charge on any atom is 0.251 e. The van der Waals surface area contributed by atoms with Gasteiger partial charge in [0, 0.05) is 27.7 Å². The highest BCUT2D eigenvalue weighted by molar-refractivity contribution is 7.92. The van der Waals surface area contributed by atoms with Crippen molar-refractivity contribution < 1.29 is 13.2 Å². The molecule has 9 heteroatoms. The molecule has 0 unspecified atom stereocenters. The number of amides is 1. The number of sulfonamides is 1. The third kappa shape index (κ3) is 6.59. The summed E-state index contributed by atoms with van der Waals surface area (Å²) in [4.78, 5) is 14.8. The van der Waals surface area contributed by atoms with Crippen LogP contribution in [0, 0.1) is 0 Å². The smallest absolute Gasteiger partial charge is 0.251 e. The molecule has 0 aliphatic carbocycles. The van der Waals surface area contributed by atoms with Crippen LogP contribution in [0.3, 0.4) is 0 Å². The van der Waals surface area contributed by atoms with E-state index in [0.717, 1.165) is 32.3 Å². The van der Waals surface area contributed by atoms with Crippen LogP contribution in [0.5, 0.6) is 0 Å². The minimum Gasteiger partial charge on any atom is -0.352 e. The molecule has 0 atom stereocenters. The minimum atomic E-state index is -3.60. The Morgan fingerprint density at radius 3 is 2.26 bits per heavy atom. The van der Waals surface area contributed by atoms with Gasteiger partial charge in [-0.2, -0.15) is 0 Å². The van der Waals surface area contributed by atoms with Gasteiger partial charge in [-0.3, -0.25) is 9.10 Å². The number of likely N-dealkylation sites (tertiary alicyclic amines) is 1. The molecule has 0 spiro atoms. The van der Waals surface area contributed by atoms with Crippen LogP contribution in [0.25, 0.3) is 0 Å². The fourth-order valence-corrected chi connectivity index (χ4v) is 5.00. The number of rotatable bonds is 9. The van der Waals surface area contributed by atoms with Crippen molar-refractivity contribution in [2.24, 2.45) is 0 Å². The van der Waals surface area contributed by atoms with Crippen molar-refractivity contribution in [2.75, 3.05) is 36.7 Å². The molecule has 1 fully saturated rings. The molecule has 168 valence electrons. The molecule has 0 radical (unpaired) electrons. The molecule has 31 heavy (non-hydrogen) atoms. The molecule has 1 saturated heterocycles. The molecule has 2 aromatic carbocycles. The second kappa shape index (κ2) is 10.7. The van der Waals surface area contributed by atoms with Crippen molar-refractivity contribution in [2.45, 2.75) is 25.8 Å². The highest BCUT2D eigenvalue weighted by Gasteiger charge is 2.21. The van der Waals surface area contributed by atoms with Crippen LogP contribution in [-0.2, 0) is 16.6 Å². The topological polar surface area (TPSA) is 69.7 Å². The lowest BCUT2D eigenvalue weighted by molar-refractivity contribution is 0.0952. The zero-order valence-electron chi connectivity index (χ0n) is 17.5. The Bertz CT molecular complexity index is 987. The first kappa shape index (κ1) is 23.9. The number of anilines is 1. The second-order valence-electron chi connectivity index (χ2n) is 7.67. The number of hydrogen-bond donors (Lipinski definition) is 1. The lowest BCUT2D eigenvalue weighted by atomic mass is 10.1. The molecule has 0 saturated carbocycles. The molecule has 1 aliphatic heterocycles. The van der Waals surface area contributed by atoms with Crippen LogP contribution in [0.2, 0.25) is 10.0 Å². The summed E-state index contributed by atoms with van der Waals surface area (Å²) >= 11 is 12.4. The predicted octanol–water partition coefficient (Wildman–Crippen LogP) is 4.18. The zero-order valence-corrected chi connectivity index (χ0v) is 19.8. The van der Waals surface area contributed by atoms with Gasteiger partial charge in [-0.1, -0.05) is 29.3 Å². The molecule has 0 bridgehead atoms. The number of nitrogens with zero attached hydrogens (tertiary/aromatic N) is 2. The quantitative estimate of drug-likeness (QED) is 0.543. The van der Waals surface area contributed by atoms with E-state index in [9.17, 15) is 13.2 Å². The summed E-state index contributed by atoms with van der Waals surface area (Å²) in [7, 11) is -3.60. The SMILES string of the molecule is CS(=O)(=O)N(Cc1c(Cl)cccc1Cl)c1ccc(C(=O)NCCCN2CCCC2)cc1. The summed E-state index contributed by atoms with van der Waals surface area (Å²) in [5, 5.41) is 3.71. The van der Waals surface area contributed by atoms with E-state index in [4.69, 9.17) is 23.2 Å². The van der Waals surface area contributed by atoms with Crippen LogP contribution >= 0.6 is 23.2 Å². The largest absolute Gasteiger partial charge is 0.352 e. The summed E-state index contributed by atoms with van der Waals surface area (Å²) in [5.41, 5.74) is 1.44. The molecular formula is C22H27Cl2N3O3S. The van der Waals surface area contributed by atoms with Crippen LogP contribution < -0.4 is 9.62 Å². The summed E-state index contributed by atoms with van der Waals surface area (Å²) < 4.78 is 26.1. The Morgan fingerprint density at radius 1 is 1.06 bits per heavy atom. The van der Waals surface area contributed by atoms with Crippen molar-refractivity contribution >= 4 is 44.8 Å². The minimum absolute atomic E-state index is 0.000612. The lowest BCUT2D eigenvalue weighted by Crippen LogP contribution is -2.30. The van der Waals surface area contributed by atoms with Crippen LogP contribution in [0.4, 0.5) is 5.69 Å². The maximum absolute atomic E-state index is 12.4. The Morgan fingerprint density at radius 2 is 1.68 bits per heavy atom. The number of halogens is 2. The van der Waals surface area contributed by atoms with Crippen molar-refractivity contribution in [3.05, 3.63) is 63.6 Å². The summed E-state index contributed by atoms with van der Waals surface area (Å²) in [5.74, 6) is -0.173. The van der Waals surface area contributed by atoms with Gasteiger partial charge in [-0.05, 0) is 75.3 Å². The Labute approximate surface area is 194 Å². The average molecular weight is 484 g/mol. The molecule has 1 heterocycles. The Balaban J connectivity index is 1.64. The Kier molecular flexibility index (Phi) is 8.22. The van der Waals surface area contributed by atoms with E-state index in [2.05, 4.69) is 10.2 Å². The standard InChI is InChI=1S/C22H27Cl2N3O3S/c1-31(29,30)27(16-19-20(23)6-4-7-21(19)24)18-10-8-17(9-11-18)22(28)25-12-5-15-26-13-2-3-14-26/h4,6-11H,2-3,5,12-16H2,1H3,(H,25,28). The van der Waals surface area contributed by atoms with Gasteiger partial charge in [0.1, 0.15) is 0 Å². The summed E-state index contributed by atoms with van der Waals surface area (Å²) in [6.07, 6.45) is 4.54. The fraction of sp³-hybridized carbons (Fsp3) is 0.409.